The van der Waals surface area contributed by atoms with E-state index in [9.17, 15) is 9.59 Å². The zero-order valence-electron chi connectivity index (χ0n) is 11.9. The van der Waals surface area contributed by atoms with Gasteiger partial charge in [-0.15, -0.1) is 0 Å². The number of hydrogen-bond donors (Lipinski definition) is 0. The third-order valence-electron chi connectivity index (χ3n) is 2.94. The van der Waals surface area contributed by atoms with Crippen LogP contribution < -0.4 is 0 Å². The Morgan fingerprint density at radius 3 is 2.52 bits per heavy atom. The molecule has 1 aromatic carbocycles. The second-order valence-electron chi connectivity index (χ2n) is 4.34. The van der Waals surface area contributed by atoms with E-state index >= 15 is 0 Å². The molecule has 0 spiro atoms. The lowest BCUT2D eigenvalue weighted by atomic mass is 10.2. The van der Waals surface area contributed by atoms with Crippen molar-refractivity contribution < 1.29 is 19.1 Å². The van der Waals surface area contributed by atoms with Gasteiger partial charge in [-0.25, -0.2) is 4.79 Å². The van der Waals surface area contributed by atoms with Gasteiger partial charge in [-0.3, -0.25) is 4.79 Å². The van der Waals surface area contributed by atoms with E-state index in [0.29, 0.717) is 12.3 Å². The molecule has 0 unspecified atom stereocenters. The van der Waals surface area contributed by atoms with Crippen LogP contribution in [0.15, 0.2) is 28.7 Å². The molecule has 0 N–H and O–H groups in total. The summed E-state index contributed by atoms with van der Waals surface area (Å²) in [6.07, 6.45) is 0. The van der Waals surface area contributed by atoms with E-state index in [2.05, 4.69) is 15.9 Å². The molecule has 0 atom stereocenters. The molecule has 0 aliphatic rings. The smallest absolute Gasteiger partial charge is 0.354 e. The Bertz CT molecular complexity index is 678. The molecule has 1 heterocycles. The van der Waals surface area contributed by atoms with Gasteiger partial charge in [0.05, 0.1) is 13.2 Å². The van der Waals surface area contributed by atoms with Crippen LogP contribution in [0.1, 0.15) is 24.3 Å². The molecule has 112 valence electrons. The number of carbonyl (C=O) groups excluding carboxylic acids is 2. The fourth-order valence-electron chi connectivity index (χ4n) is 2.12. The van der Waals surface area contributed by atoms with Gasteiger partial charge < -0.3 is 14.0 Å². The highest BCUT2D eigenvalue weighted by molar-refractivity contribution is 9.10. The van der Waals surface area contributed by atoms with Gasteiger partial charge in [0, 0.05) is 15.4 Å². The second-order valence-corrected chi connectivity index (χ2v) is 5.26. The van der Waals surface area contributed by atoms with Crippen molar-refractivity contribution in [3.8, 4) is 0 Å². The average molecular weight is 354 g/mol. The van der Waals surface area contributed by atoms with Gasteiger partial charge in [0.25, 0.3) is 0 Å². The first-order valence-corrected chi connectivity index (χ1v) is 7.47. The van der Waals surface area contributed by atoms with Gasteiger partial charge in [-0.1, -0.05) is 15.9 Å². The van der Waals surface area contributed by atoms with Crippen LogP contribution in [0, 0.1) is 0 Å². The third-order valence-corrected chi connectivity index (χ3v) is 3.43. The summed E-state index contributed by atoms with van der Waals surface area (Å²) in [6.45, 7) is 4.05. The van der Waals surface area contributed by atoms with Gasteiger partial charge in [0.1, 0.15) is 12.2 Å². The van der Waals surface area contributed by atoms with Crippen LogP contribution in [0.2, 0.25) is 0 Å². The van der Waals surface area contributed by atoms with Crippen LogP contribution in [0.25, 0.3) is 10.9 Å². The molecule has 0 saturated heterocycles. The van der Waals surface area contributed by atoms with Crippen molar-refractivity contribution in [1.29, 1.82) is 0 Å². The van der Waals surface area contributed by atoms with Crippen molar-refractivity contribution in [2.45, 2.75) is 20.4 Å². The SMILES string of the molecule is CCOC(=O)Cn1c(C(=O)OCC)cc2cc(Br)ccc21. The maximum atomic E-state index is 12.1. The lowest BCUT2D eigenvalue weighted by molar-refractivity contribution is -0.143. The normalized spacial score (nSPS) is 10.6. The number of rotatable bonds is 5. The van der Waals surface area contributed by atoms with Gasteiger partial charge in [-0.05, 0) is 38.1 Å². The first-order valence-electron chi connectivity index (χ1n) is 6.68. The van der Waals surface area contributed by atoms with Crippen LogP contribution in [0.4, 0.5) is 0 Å². The zero-order valence-corrected chi connectivity index (χ0v) is 13.5. The summed E-state index contributed by atoms with van der Waals surface area (Å²) in [5.41, 5.74) is 1.13. The Morgan fingerprint density at radius 1 is 1.14 bits per heavy atom. The second kappa shape index (κ2) is 6.76. The van der Waals surface area contributed by atoms with Crippen LogP contribution in [0.5, 0.6) is 0 Å². The Balaban J connectivity index is 2.49. The van der Waals surface area contributed by atoms with Crippen LogP contribution in [-0.4, -0.2) is 29.7 Å². The van der Waals surface area contributed by atoms with Gasteiger partial charge >= 0.3 is 11.9 Å². The minimum Gasteiger partial charge on any atom is -0.465 e. The fourth-order valence-corrected chi connectivity index (χ4v) is 2.50. The molecular weight excluding hydrogens is 338 g/mol. The third kappa shape index (κ3) is 3.44. The van der Waals surface area contributed by atoms with Crippen molar-refractivity contribution in [2.75, 3.05) is 13.2 Å². The van der Waals surface area contributed by atoms with E-state index in [0.717, 1.165) is 15.4 Å². The van der Waals surface area contributed by atoms with Crippen molar-refractivity contribution in [3.63, 3.8) is 0 Å². The zero-order chi connectivity index (χ0) is 15.4. The number of esters is 2. The van der Waals surface area contributed by atoms with Crippen LogP contribution in [0.3, 0.4) is 0 Å². The van der Waals surface area contributed by atoms with E-state index in [4.69, 9.17) is 9.47 Å². The number of benzene rings is 1. The Morgan fingerprint density at radius 2 is 1.86 bits per heavy atom. The standard InChI is InChI=1S/C15H16BrNO4/c1-3-20-14(18)9-17-12-6-5-11(16)7-10(12)8-13(17)15(19)21-4-2/h5-8H,3-4,9H2,1-2H3. The van der Waals surface area contributed by atoms with Crippen molar-refractivity contribution >= 4 is 38.8 Å². The minimum absolute atomic E-state index is 0.0207. The highest BCUT2D eigenvalue weighted by atomic mass is 79.9. The summed E-state index contributed by atoms with van der Waals surface area (Å²) < 4.78 is 12.5. The summed E-state index contributed by atoms with van der Waals surface area (Å²) in [7, 11) is 0. The Labute approximate surface area is 131 Å². The predicted molar refractivity (Wildman–Crippen MR) is 82.2 cm³/mol. The highest BCUT2D eigenvalue weighted by Gasteiger charge is 2.19. The number of nitrogens with zero attached hydrogens (tertiary/aromatic N) is 1. The van der Waals surface area contributed by atoms with Crippen molar-refractivity contribution in [3.05, 3.63) is 34.4 Å². The summed E-state index contributed by atoms with van der Waals surface area (Å²) in [5.74, 6) is -0.836. The first-order chi connectivity index (χ1) is 10.1. The first kappa shape index (κ1) is 15.6. The topological polar surface area (TPSA) is 57.5 Å². The molecule has 2 rings (SSSR count). The monoisotopic (exact) mass is 353 g/mol. The van der Waals surface area contributed by atoms with Crippen LogP contribution >= 0.6 is 15.9 Å². The molecule has 21 heavy (non-hydrogen) atoms. The molecule has 0 aliphatic heterocycles. The maximum absolute atomic E-state index is 12.1. The number of hydrogen-bond acceptors (Lipinski definition) is 4. The maximum Gasteiger partial charge on any atom is 0.354 e. The van der Waals surface area contributed by atoms with Gasteiger partial charge in [-0.2, -0.15) is 0 Å². The quantitative estimate of drug-likeness (QED) is 0.774. The molecule has 0 aliphatic carbocycles. The summed E-state index contributed by atoms with van der Waals surface area (Å²) >= 11 is 3.39. The summed E-state index contributed by atoms with van der Waals surface area (Å²) in [4.78, 5) is 23.8. The van der Waals surface area contributed by atoms with Crippen molar-refractivity contribution in [2.24, 2.45) is 0 Å². The number of carbonyl (C=O) groups is 2. The van der Waals surface area contributed by atoms with E-state index in [1.807, 2.05) is 18.2 Å². The number of ether oxygens (including phenoxy) is 2. The highest BCUT2D eigenvalue weighted by Crippen LogP contribution is 2.24. The average Bonchev–Trinajstić information content (AvgIpc) is 2.77. The largest absolute Gasteiger partial charge is 0.465 e. The fraction of sp³-hybridized carbons (Fsp3) is 0.333. The number of aromatic nitrogens is 1. The molecule has 0 fully saturated rings. The molecule has 0 bridgehead atoms. The molecule has 2 aromatic rings. The molecular formula is C15H16BrNO4. The molecule has 0 saturated carbocycles. The molecule has 6 heteroatoms. The van der Waals surface area contributed by atoms with E-state index in [-0.39, 0.29) is 19.1 Å². The molecule has 5 nitrogen and oxygen atoms in total. The summed E-state index contributed by atoms with van der Waals surface area (Å²) in [5, 5.41) is 0.858. The van der Waals surface area contributed by atoms with Gasteiger partial charge in [0.15, 0.2) is 0 Å². The van der Waals surface area contributed by atoms with Gasteiger partial charge in [0.2, 0.25) is 0 Å². The van der Waals surface area contributed by atoms with Crippen molar-refractivity contribution in [1.82, 2.24) is 4.57 Å². The Kier molecular flexibility index (Phi) is 5.01. The lowest BCUT2D eigenvalue weighted by Crippen LogP contribution is -2.18. The molecule has 0 radical (unpaired) electrons. The number of halogens is 1. The van der Waals surface area contributed by atoms with E-state index < -0.39 is 5.97 Å². The molecule has 1 aromatic heterocycles. The van der Waals surface area contributed by atoms with E-state index in [1.54, 1.807) is 24.5 Å². The lowest BCUT2D eigenvalue weighted by Gasteiger charge is -2.09. The summed E-state index contributed by atoms with van der Waals surface area (Å²) in [6, 6.07) is 7.32. The molecule has 0 amide bonds. The van der Waals surface area contributed by atoms with Crippen LogP contribution in [-0.2, 0) is 20.8 Å². The number of fused-ring (bicyclic) bond motifs is 1. The minimum atomic E-state index is -0.450. The predicted octanol–water partition coefficient (Wildman–Crippen LogP) is 3.14. The Hall–Kier alpha value is -1.82. The van der Waals surface area contributed by atoms with E-state index in [1.165, 1.54) is 0 Å².